The van der Waals surface area contributed by atoms with Crippen LogP contribution in [0.5, 0.6) is 5.75 Å². The Labute approximate surface area is 202 Å². The molecule has 0 radical (unpaired) electrons. The van der Waals surface area contributed by atoms with Crippen LogP contribution >= 0.6 is 35.4 Å². The summed E-state index contributed by atoms with van der Waals surface area (Å²) in [7, 11) is 0. The molecule has 0 aromatic heterocycles. The minimum absolute atomic E-state index is 0.0284. The van der Waals surface area contributed by atoms with Crippen LogP contribution in [0.3, 0.4) is 0 Å². The van der Waals surface area contributed by atoms with Crippen molar-refractivity contribution in [3.63, 3.8) is 0 Å². The van der Waals surface area contributed by atoms with Crippen molar-refractivity contribution >= 4 is 58.0 Å². The number of morpholine rings is 1. The lowest BCUT2D eigenvalue weighted by Gasteiger charge is -2.27. The normalized spacial score (nSPS) is 13.9. The van der Waals surface area contributed by atoms with Crippen molar-refractivity contribution in [2.75, 3.05) is 31.6 Å². The molecule has 170 valence electrons. The van der Waals surface area contributed by atoms with Gasteiger partial charge in [0.05, 0.1) is 23.9 Å². The second kappa shape index (κ2) is 10.5. The quantitative estimate of drug-likeness (QED) is 0.606. The number of nitrogens with zero attached hydrogens (tertiary/aromatic N) is 1. The lowest BCUT2D eigenvalue weighted by Crippen LogP contribution is -2.49. The number of hydrogen-bond acceptors (Lipinski definition) is 5. The van der Waals surface area contributed by atoms with E-state index >= 15 is 0 Å². The van der Waals surface area contributed by atoms with E-state index in [2.05, 4.69) is 10.6 Å². The summed E-state index contributed by atoms with van der Waals surface area (Å²) in [6, 6.07) is 11.5. The van der Waals surface area contributed by atoms with E-state index in [0.29, 0.717) is 53.3 Å². The molecular formula is C22H23Cl2N3O4S. The van der Waals surface area contributed by atoms with Gasteiger partial charge in [0.1, 0.15) is 5.75 Å². The van der Waals surface area contributed by atoms with Gasteiger partial charge in [0.25, 0.3) is 11.8 Å². The Balaban J connectivity index is 1.63. The predicted octanol–water partition coefficient (Wildman–Crippen LogP) is 4.14. The molecule has 0 bridgehead atoms. The third-order valence-corrected chi connectivity index (χ3v) is 5.51. The molecule has 2 aromatic rings. The summed E-state index contributed by atoms with van der Waals surface area (Å²) in [4.78, 5) is 27.1. The SMILES string of the molecule is CC(C)(Oc1ccc(Cl)cc1)C(=O)NC(=S)Nc1cc(C(=O)N2CCOCC2)ccc1Cl. The van der Waals surface area contributed by atoms with Crippen LogP contribution in [0, 0.1) is 0 Å². The number of halogens is 2. The predicted molar refractivity (Wildman–Crippen MR) is 129 cm³/mol. The highest BCUT2D eigenvalue weighted by molar-refractivity contribution is 7.80. The molecule has 1 aliphatic heterocycles. The van der Waals surface area contributed by atoms with E-state index in [1.165, 1.54) is 0 Å². The van der Waals surface area contributed by atoms with Crippen molar-refractivity contribution in [1.29, 1.82) is 0 Å². The molecule has 0 unspecified atom stereocenters. The van der Waals surface area contributed by atoms with E-state index in [9.17, 15) is 9.59 Å². The number of thiocarbonyl (C=S) groups is 1. The summed E-state index contributed by atoms with van der Waals surface area (Å²) >= 11 is 17.4. The van der Waals surface area contributed by atoms with Crippen molar-refractivity contribution in [1.82, 2.24) is 10.2 Å². The second-order valence-corrected chi connectivity index (χ2v) is 8.83. The van der Waals surface area contributed by atoms with E-state index in [-0.39, 0.29) is 11.0 Å². The summed E-state index contributed by atoms with van der Waals surface area (Å²) in [6.07, 6.45) is 0. The van der Waals surface area contributed by atoms with Gasteiger partial charge in [0.2, 0.25) is 0 Å². The van der Waals surface area contributed by atoms with E-state index in [4.69, 9.17) is 44.9 Å². The molecule has 32 heavy (non-hydrogen) atoms. The first-order chi connectivity index (χ1) is 15.2. The Morgan fingerprint density at radius 3 is 2.41 bits per heavy atom. The molecule has 2 aromatic carbocycles. The first kappa shape index (κ1) is 24.3. The molecule has 7 nitrogen and oxygen atoms in total. The Bertz CT molecular complexity index is 1010. The fourth-order valence-electron chi connectivity index (χ4n) is 2.95. The molecule has 1 aliphatic rings. The van der Waals surface area contributed by atoms with Crippen LogP contribution in [0.15, 0.2) is 42.5 Å². The monoisotopic (exact) mass is 495 g/mol. The molecule has 10 heteroatoms. The van der Waals surface area contributed by atoms with Crippen LogP contribution in [-0.2, 0) is 9.53 Å². The third-order valence-electron chi connectivity index (χ3n) is 4.72. The fourth-order valence-corrected chi connectivity index (χ4v) is 3.45. The van der Waals surface area contributed by atoms with Gasteiger partial charge in [0, 0.05) is 23.7 Å². The van der Waals surface area contributed by atoms with Gasteiger partial charge in [0.15, 0.2) is 10.7 Å². The van der Waals surface area contributed by atoms with Crippen molar-refractivity contribution < 1.29 is 19.1 Å². The zero-order valence-electron chi connectivity index (χ0n) is 17.6. The molecule has 1 heterocycles. The van der Waals surface area contributed by atoms with Gasteiger partial charge in [-0.3, -0.25) is 14.9 Å². The van der Waals surface area contributed by atoms with Gasteiger partial charge in [-0.15, -0.1) is 0 Å². The Morgan fingerprint density at radius 1 is 1.09 bits per heavy atom. The Kier molecular flexibility index (Phi) is 7.95. The number of benzene rings is 2. The topological polar surface area (TPSA) is 79.9 Å². The summed E-state index contributed by atoms with van der Waals surface area (Å²) in [6.45, 7) is 5.31. The molecule has 2 N–H and O–H groups in total. The lowest BCUT2D eigenvalue weighted by molar-refractivity contribution is -0.132. The first-order valence-electron chi connectivity index (χ1n) is 9.89. The van der Waals surface area contributed by atoms with Gasteiger partial charge in [-0.05, 0) is 68.5 Å². The molecule has 0 spiro atoms. The molecule has 3 rings (SSSR count). The number of ether oxygens (including phenoxy) is 2. The number of rotatable bonds is 5. The van der Waals surface area contributed by atoms with Crippen molar-refractivity contribution in [3.05, 3.63) is 58.1 Å². The molecule has 2 amide bonds. The minimum atomic E-state index is -1.21. The zero-order valence-corrected chi connectivity index (χ0v) is 19.9. The molecule has 0 saturated carbocycles. The Morgan fingerprint density at radius 2 is 1.75 bits per heavy atom. The molecule has 0 aliphatic carbocycles. The highest BCUT2D eigenvalue weighted by atomic mass is 35.5. The standard InChI is InChI=1S/C22H23Cl2N3O4S/c1-22(2,31-16-6-4-15(23)5-7-16)20(29)26-21(32)25-18-13-14(3-8-17(18)24)19(28)27-9-11-30-12-10-27/h3-8,13H,9-12H2,1-2H3,(H2,25,26,29,32). The van der Waals surface area contributed by atoms with Crippen molar-refractivity contribution in [3.8, 4) is 5.75 Å². The van der Waals surface area contributed by atoms with Gasteiger partial charge < -0.3 is 19.7 Å². The van der Waals surface area contributed by atoms with Gasteiger partial charge in [-0.2, -0.15) is 0 Å². The molecular weight excluding hydrogens is 473 g/mol. The second-order valence-electron chi connectivity index (χ2n) is 7.57. The van der Waals surface area contributed by atoms with E-state index in [1.54, 1.807) is 61.2 Å². The summed E-state index contributed by atoms with van der Waals surface area (Å²) in [5.74, 6) is -0.0899. The number of amides is 2. The van der Waals surface area contributed by atoms with Gasteiger partial charge in [-0.1, -0.05) is 23.2 Å². The lowest BCUT2D eigenvalue weighted by atomic mass is 10.1. The number of carbonyl (C=O) groups excluding carboxylic acids is 2. The third kappa shape index (κ3) is 6.32. The van der Waals surface area contributed by atoms with Crippen molar-refractivity contribution in [2.45, 2.75) is 19.4 Å². The molecule has 1 fully saturated rings. The zero-order chi connectivity index (χ0) is 23.3. The van der Waals surface area contributed by atoms with Gasteiger partial charge >= 0.3 is 0 Å². The maximum atomic E-state index is 12.7. The maximum absolute atomic E-state index is 12.7. The fraction of sp³-hybridized carbons (Fsp3) is 0.318. The van der Waals surface area contributed by atoms with Crippen LogP contribution in [0.1, 0.15) is 24.2 Å². The first-order valence-corrected chi connectivity index (χ1v) is 11.1. The van der Waals surface area contributed by atoms with Crippen LogP contribution in [0.25, 0.3) is 0 Å². The average molecular weight is 496 g/mol. The van der Waals surface area contributed by atoms with Crippen molar-refractivity contribution in [2.24, 2.45) is 0 Å². The van der Waals surface area contributed by atoms with Crippen LogP contribution in [0.4, 0.5) is 5.69 Å². The highest BCUT2D eigenvalue weighted by Gasteiger charge is 2.31. The van der Waals surface area contributed by atoms with E-state index in [1.807, 2.05) is 0 Å². The Hall–Kier alpha value is -2.39. The molecule has 0 atom stereocenters. The summed E-state index contributed by atoms with van der Waals surface area (Å²) in [5.41, 5.74) is -0.343. The summed E-state index contributed by atoms with van der Waals surface area (Å²) in [5, 5.41) is 6.43. The molecule has 1 saturated heterocycles. The summed E-state index contributed by atoms with van der Waals surface area (Å²) < 4.78 is 11.1. The van der Waals surface area contributed by atoms with Crippen LogP contribution in [0.2, 0.25) is 10.0 Å². The average Bonchev–Trinajstić information content (AvgIpc) is 2.76. The van der Waals surface area contributed by atoms with E-state index in [0.717, 1.165) is 0 Å². The number of carbonyl (C=O) groups is 2. The largest absolute Gasteiger partial charge is 0.478 e. The number of hydrogen-bond donors (Lipinski definition) is 2. The number of anilines is 1. The van der Waals surface area contributed by atoms with Gasteiger partial charge in [-0.25, -0.2) is 0 Å². The smallest absolute Gasteiger partial charge is 0.269 e. The van der Waals surface area contributed by atoms with Crippen LogP contribution < -0.4 is 15.4 Å². The minimum Gasteiger partial charge on any atom is -0.478 e. The number of nitrogens with one attached hydrogen (secondary N) is 2. The maximum Gasteiger partial charge on any atom is 0.269 e. The highest BCUT2D eigenvalue weighted by Crippen LogP contribution is 2.25. The van der Waals surface area contributed by atoms with Crippen LogP contribution in [-0.4, -0.2) is 53.7 Å². The van der Waals surface area contributed by atoms with E-state index < -0.39 is 11.5 Å².